The number of nitrogens with one attached hydrogen (secondary N) is 2. The number of aromatic amines is 1. The number of aryl methyl sites for hydroxylation is 2. The molecule has 0 radical (unpaired) electrons. The molecular formula is C17H24N3OS+. The van der Waals surface area contributed by atoms with Crippen molar-refractivity contribution in [2.24, 2.45) is 0 Å². The van der Waals surface area contributed by atoms with Crippen LogP contribution in [0.15, 0.2) is 4.79 Å². The lowest BCUT2D eigenvalue weighted by Crippen LogP contribution is -3.15. The molecule has 4 nitrogen and oxygen atoms in total. The lowest BCUT2D eigenvalue weighted by molar-refractivity contribution is -0.942. The van der Waals surface area contributed by atoms with Gasteiger partial charge < -0.3 is 9.88 Å². The standard InChI is InChI=1S/C17H23N3OS/c1-11-6-4-5-9-20(11)10-14-18-16(21)15-12-7-2-3-8-13(12)22-17(15)19-14/h11H,2-10H2,1H3,(H,18,19,21)/p+1/t11-/m0/s1. The van der Waals surface area contributed by atoms with Crippen LogP contribution in [0.4, 0.5) is 0 Å². The molecule has 2 aromatic rings. The van der Waals surface area contributed by atoms with Crippen molar-refractivity contribution in [1.82, 2.24) is 9.97 Å². The number of hydrogen-bond donors (Lipinski definition) is 2. The van der Waals surface area contributed by atoms with Gasteiger partial charge in [0.15, 0.2) is 5.82 Å². The van der Waals surface area contributed by atoms with Crippen molar-refractivity contribution in [1.29, 1.82) is 0 Å². The average Bonchev–Trinajstić information content (AvgIpc) is 2.88. The first kappa shape index (κ1) is 14.4. The van der Waals surface area contributed by atoms with E-state index in [0.717, 1.165) is 35.4 Å². The molecule has 0 aromatic carbocycles. The highest BCUT2D eigenvalue weighted by Crippen LogP contribution is 2.33. The van der Waals surface area contributed by atoms with E-state index < -0.39 is 0 Å². The molecule has 2 N–H and O–H groups in total. The van der Waals surface area contributed by atoms with Gasteiger partial charge in [0.05, 0.1) is 18.0 Å². The monoisotopic (exact) mass is 318 g/mol. The molecule has 1 aliphatic carbocycles. The number of rotatable bonds is 2. The molecule has 4 rings (SSSR count). The van der Waals surface area contributed by atoms with Gasteiger partial charge in [-0.2, -0.15) is 0 Å². The van der Waals surface area contributed by atoms with Gasteiger partial charge >= 0.3 is 0 Å². The predicted octanol–water partition coefficient (Wildman–Crippen LogP) is 1.82. The molecule has 1 unspecified atom stereocenters. The highest BCUT2D eigenvalue weighted by Gasteiger charge is 2.24. The van der Waals surface area contributed by atoms with E-state index in [9.17, 15) is 4.79 Å². The highest BCUT2D eigenvalue weighted by molar-refractivity contribution is 7.18. The summed E-state index contributed by atoms with van der Waals surface area (Å²) in [4.78, 5) is 24.4. The Morgan fingerprint density at radius 2 is 2.14 bits per heavy atom. The summed E-state index contributed by atoms with van der Waals surface area (Å²) < 4.78 is 0. The van der Waals surface area contributed by atoms with E-state index >= 15 is 0 Å². The summed E-state index contributed by atoms with van der Waals surface area (Å²) in [5.41, 5.74) is 1.37. The molecule has 2 aliphatic rings. The number of likely N-dealkylation sites (tertiary alicyclic amines) is 1. The fourth-order valence-corrected chi connectivity index (χ4v) is 5.30. The second-order valence-electron chi connectivity index (χ2n) is 6.89. The number of hydrogen-bond acceptors (Lipinski definition) is 3. The largest absolute Gasteiger partial charge is 0.326 e. The summed E-state index contributed by atoms with van der Waals surface area (Å²) in [7, 11) is 0. The van der Waals surface area contributed by atoms with Crippen molar-refractivity contribution in [3.63, 3.8) is 0 Å². The second-order valence-corrected chi connectivity index (χ2v) is 7.97. The maximum absolute atomic E-state index is 12.6. The number of nitrogens with zero attached hydrogens (tertiary/aromatic N) is 1. The number of thiophene rings is 1. The third-order valence-corrected chi connectivity index (χ3v) is 6.54. The highest BCUT2D eigenvalue weighted by atomic mass is 32.1. The Morgan fingerprint density at radius 3 is 3.00 bits per heavy atom. The zero-order valence-corrected chi connectivity index (χ0v) is 14.0. The van der Waals surface area contributed by atoms with E-state index in [2.05, 4.69) is 11.9 Å². The molecule has 5 heteroatoms. The Labute approximate surface area is 134 Å². The van der Waals surface area contributed by atoms with Crippen molar-refractivity contribution in [2.45, 2.75) is 64.5 Å². The SMILES string of the molecule is C[C@H]1CCCC[NH+]1Cc1nc2sc3c(c2c(=O)[nH]1)CCCC3. The van der Waals surface area contributed by atoms with Crippen LogP contribution in [0.25, 0.3) is 10.2 Å². The van der Waals surface area contributed by atoms with Crippen LogP contribution in [0.3, 0.4) is 0 Å². The number of aromatic nitrogens is 2. The number of quaternary nitrogens is 1. The van der Waals surface area contributed by atoms with Crippen LogP contribution in [0.2, 0.25) is 0 Å². The maximum Gasteiger partial charge on any atom is 0.260 e. The zero-order valence-electron chi connectivity index (χ0n) is 13.2. The first-order valence-electron chi connectivity index (χ1n) is 8.60. The van der Waals surface area contributed by atoms with Gasteiger partial charge in [0.25, 0.3) is 5.56 Å². The number of H-pyrrole nitrogens is 1. The first-order valence-corrected chi connectivity index (χ1v) is 9.42. The summed E-state index contributed by atoms with van der Waals surface area (Å²) in [6, 6.07) is 0.672. The van der Waals surface area contributed by atoms with Crippen LogP contribution < -0.4 is 10.5 Å². The van der Waals surface area contributed by atoms with Crippen LogP contribution in [0.5, 0.6) is 0 Å². The second kappa shape index (κ2) is 5.78. The Hall–Kier alpha value is -1.20. The van der Waals surface area contributed by atoms with E-state index in [-0.39, 0.29) is 5.56 Å². The van der Waals surface area contributed by atoms with Gasteiger partial charge in [0.2, 0.25) is 0 Å². The predicted molar refractivity (Wildman–Crippen MR) is 89.7 cm³/mol. The lowest BCUT2D eigenvalue weighted by atomic mass is 9.97. The Morgan fingerprint density at radius 1 is 1.27 bits per heavy atom. The van der Waals surface area contributed by atoms with Gasteiger partial charge in [0.1, 0.15) is 11.4 Å². The van der Waals surface area contributed by atoms with Crippen LogP contribution in [0, 0.1) is 0 Å². The van der Waals surface area contributed by atoms with Gasteiger partial charge in [-0.3, -0.25) is 4.79 Å². The minimum Gasteiger partial charge on any atom is -0.326 e. The van der Waals surface area contributed by atoms with Crippen LogP contribution in [-0.4, -0.2) is 22.6 Å². The average molecular weight is 318 g/mol. The van der Waals surface area contributed by atoms with Gasteiger partial charge in [-0.25, -0.2) is 4.98 Å². The molecule has 1 saturated heterocycles. The van der Waals surface area contributed by atoms with E-state index in [4.69, 9.17) is 4.98 Å². The van der Waals surface area contributed by atoms with E-state index in [1.807, 2.05) is 0 Å². The molecule has 0 saturated carbocycles. The lowest BCUT2D eigenvalue weighted by Gasteiger charge is -2.29. The number of fused-ring (bicyclic) bond motifs is 3. The number of piperidine rings is 1. The van der Waals surface area contributed by atoms with E-state index in [1.54, 1.807) is 16.2 Å². The molecule has 0 bridgehead atoms. The summed E-state index contributed by atoms with van der Waals surface area (Å²) >= 11 is 1.75. The molecular weight excluding hydrogens is 294 g/mol. The zero-order chi connectivity index (χ0) is 15.1. The van der Waals surface area contributed by atoms with Crippen molar-refractivity contribution < 1.29 is 4.90 Å². The molecule has 2 atom stereocenters. The van der Waals surface area contributed by atoms with E-state index in [1.165, 1.54) is 49.1 Å². The fraction of sp³-hybridized carbons (Fsp3) is 0.647. The molecule has 1 aliphatic heterocycles. The van der Waals surface area contributed by atoms with Crippen molar-refractivity contribution in [2.75, 3.05) is 6.54 Å². The minimum atomic E-state index is 0.0865. The molecule has 118 valence electrons. The summed E-state index contributed by atoms with van der Waals surface area (Å²) in [5, 5.41) is 0.880. The van der Waals surface area contributed by atoms with Crippen molar-refractivity contribution >= 4 is 21.6 Å². The van der Waals surface area contributed by atoms with Gasteiger partial charge in [-0.15, -0.1) is 11.3 Å². The van der Waals surface area contributed by atoms with Crippen molar-refractivity contribution in [3.8, 4) is 0 Å². The molecule has 22 heavy (non-hydrogen) atoms. The van der Waals surface area contributed by atoms with Crippen LogP contribution >= 0.6 is 11.3 Å². The Kier molecular flexibility index (Phi) is 3.78. The van der Waals surface area contributed by atoms with Crippen LogP contribution in [0.1, 0.15) is 55.3 Å². The topological polar surface area (TPSA) is 50.2 Å². The van der Waals surface area contributed by atoms with Gasteiger partial charge in [0, 0.05) is 4.88 Å². The maximum atomic E-state index is 12.6. The quantitative estimate of drug-likeness (QED) is 0.887. The molecule has 3 heterocycles. The van der Waals surface area contributed by atoms with Crippen molar-refractivity contribution in [3.05, 3.63) is 26.6 Å². The van der Waals surface area contributed by atoms with Gasteiger partial charge in [-0.1, -0.05) is 0 Å². The Balaban J connectivity index is 1.69. The fourth-order valence-electron chi connectivity index (χ4n) is 4.02. The third-order valence-electron chi connectivity index (χ3n) is 5.35. The van der Waals surface area contributed by atoms with E-state index in [0.29, 0.717) is 6.04 Å². The summed E-state index contributed by atoms with van der Waals surface area (Å²) in [6.07, 6.45) is 8.54. The van der Waals surface area contributed by atoms with Gasteiger partial charge in [-0.05, 0) is 57.4 Å². The first-order chi connectivity index (χ1) is 10.7. The Bertz CT molecular complexity index is 748. The normalized spacial score (nSPS) is 25.3. The smallest absolute Gasteiger partial charge is 0.260 e. The molecule has 0 amide bonds. The minimum absolute atomic E-state index is 0.0865. The summed E-state index contributed by atoms with van der Waals surface area (Å²) in [5.74, 6) is 0.875. The van der Waals surface area contributed by atoms with Crippen LogP contribution in [-0.2, 0) is 19.4 Å². The summed E-state index contributed by atoms with van der Waals surface area (Å²) in [6.45, 7) is 4.37. The molecule has 1 fully saturated rings. The molecule has 2 aromatic heterocycles. The third kappa shape index (κ3) is 2.50. The molecule has 0 spiro atoms.